The average Bonchev–Trinajstić information content (AvgIpc) is 2.66. The maximum atomic E-state index is 12.1. The van der Waals surface area contributed by atoms with Crippen molar-refractivity contribution < 1.29 is 32.6 Å². The average molecular weight is 393 g/mol. The number of nitrogens with one attached hydrogen (secondary N) is 1. The van der Waals surface area contributed by atoms with Gasteiger partial charge in [0, 0.05) is 17.7 Å². The molecule has 0 bridgehead atoms. The number of halogens is 2. The molecule has 0 atom stereocenters. The molecule has 0 aromatic heterocycles. The summed E-state index contributed by atoms with van der Waals surface area (Å²) in [6.45, 7) is -1.14. The minimum absolute atomic E-state index is 0.0196. The van der Waals surface area contributed by atoms with Crippen molar-refractivity contribution in [3.05, 3.63) is 48.0 Å². The first kappa shape index (κ1) is 21.1. The molecule has 2 aromatic rings. The first-order chi connectivity index (χ1) is 13.4. The Balaban J connectivity index is 1.77. The van der Waals surface area contributed by atoms with Crippen LogP contribution in [0, 0.1) is 0 Å². The number of amides is 1. The summed E-state index contributed by atoms with van der Waals surface area (Å²) in [5, 5.41) is 2.66. The van der Waals surface area contributed by atoms with E-state index in [1.807, 2.05) is 0 Å². The van der Waals surface area contributed by atoms with Gasteiger partial charge in [0.15, 0.2) is 17.3 Å². The third kappa shape index (κ3) is 6.53. The largest absolute Gasteiger partial charge is 0.493 e. The van der Waals surface area contributed by atoms with E-state index in [-0.39, 0.29) is 30.5 Å². The molecule has 0 aliphatic carbocycles. The smallest absolute Gasteiger partial charge is 0.387 e. The third-order valence-electron chi connectivity index (χ3n) is 3.74. The lowest BCUT2D eigenvalue weighted by atomic mass is 10.1. The number of Topliss-reactive ketones (excluding diaryl/α,β-unsaturated/α-hetero) is 1. The molecule has 2 aromatic carbocycles. The van der Waals surface area contributed by atoms with Crippen molar-refractivity contribution in [2.24, 2.45) is 0 Å². The molecule has 2 rings (SSSR count). The molecule has 0 spiro atoms. The van der Waals surface area contributed by atoms with Gasteiger partial charge in [-0.2, -0.15) is 8.78 Å². The number of hydrogen-bond donors (Lipinski definition) is 1. The second kappa shape index (κ2) is 10.2. The van der Waals surface area contributed by atoms with E-state index in [4.69, 9.17) is 9.47 Å². The summed E-state index contributed by atoms with van der Waals surface area (Å²) in [5.74, 6) is 0.650. The van der Waals surface area contributed by atoms with Crippen molar-refractivity contribution in [3.8, 4) is 17.2 Å². The quantitative estimate of drug-likeness (QED) is 0.481. The number of anilines is 1. The van der Waals surface area contributed by atoms with E-state index in [9.17, 15) is 18.4 Å². The van der Waals surface area contributed by atoms with Crippen molar-refractivity contribution in [1.82, 2.24) is 0 Å². The van der Waals surface area contributed by atoms with Crippen LogP contribution in [0.15, 0.2) is 42.5 Å². The molecule has 0 aliphatic rings. The molecule has 0 saturated heterocycles. The number of alkyl halides is 2. The number of methoxy groups -OCH3 is 1. The standard InChI is InChI=1S/C20H21F2NO5/c1-13(24)14-5-10-17(18(12-14)26-2)27-11-3-4-19(25)23-15-6-8-16(9-7-15)28-20(21)22/h5-10,12,20H,3-4,11H2,1-2H3,(H,23,25). The zero-order valence-electron chi connectivity index (χ0n) is 15.5. The Hall–Kier alpha value is -3.16. The Morgan fingerprint density at radius 3 is 2.39 bits per heavy atom. The maximum absolute atomic E-state index is 12.1. The van der Waals surface area contributed by atoms with E-state index in [1.54, 1.807) is 18.2 Å². The SMILES string of the molecule is COc1cc(C(C)=O)ccc1OCCCC(=O)Nc1ccc(OC(F)F)cc1. The second-order valence-electron chi connectivity index (χ2n) is 5.82. The number of benzene rings is 2. The molecule has 8 heteroatoms. The minimum Gasteiger partial charge on any atom is -0.493 e. The van der Waals surface area contributed by atoms with E-state index in [0.29, 0.717) is 29.2 Å². The zero-order chi connectivity index (χ0) is 20.5. The monoisotopic (exact) mass is 393 g/mol. The fourth-order valence-corrected chi connectivity index (χ4v) is 2.36. The first-order valence-electron chi connectivity index (χ1n) is 8.55. The molecular formula is C20H21F2NO5. The minimum atomic E-state index is -2.89. The predicted molar refractivity (Wildman–Crippen MR) is 99.4 cm³/mol. The lowest BCUT2D eigenvalue weighted by Crippen LogP contribution is -2.13. The molecule has 0 fully saturated rings. The Labute approximate surface area is 161 Å². The van der Waals surface area contributed by atoms with Gasteiger partial charge in [-0.3, -0.25) is 9.59 Å². The molecule has 150 valence electrons. The number of ether oxygens (including phenoxy) is 3. The van der Waals surface area contributed by atoms with Crippen LogP contribution in [0.2, 0.25) is 0 Å². The van der Waals surface area contributed by atoms with E-state index in [2.05, 4.69) is 10.1 Å². The molecule has 28 heavy (non-hydrogen) atoms. The van der Waals surface area contributed by atoms with Crippen molar-refractivity contribution in [2.75, 3.05) is 19.0 Å². The summed E-state index contributed by atoms with van der Waals surface area (Å²) < 4.78 is 39.3. The van der Waals surface area contributed by atoms with Crippen LogP contribution in [0.25, 0.3) is 0 Å². The van der Waals surface area contributed by atoms with Gasteiger partial charge in [0.1, 0.15) is 5.75 Å². The van der Waals surface area contributed by atoms with Crippen LogP contribution < -0.4 is 19.5 Å². The highest BCUT2D eigenvalue weighted by Gasteiger charge is 2.09. The van der Waals surface area contributed by atoms with Crippen LogP contribution in [0.1, 0.15) is 30.1 Å². The molecular weight excluding hydrogens is 372 g/mol. The van der Waals surface area contributed by atoms with Crippen LogP contribution in [0.4, 0.5) is 14.5 Å². The summed E-state index contributed by atoms with van der Waals surface area (Å²) in [6.07, 6.45) is 0.666. The Bertz CT molecular complexity index is 809. The lowest BCUT2D eigenvalue weighted by Gasteiger charge is -2.11. The number of ketones is 1. The molecule has 1 N–H and O–H groups in total. The van der Waals surface area contributed by atoms with E-state index in [0.717, 1.165) is 0 Å². The van der Waals surface area contributed by atoms with Crippen molar-refractivity contribution in [2.45, 2.75) is 26.4 Å². The highest BCUT2D eigenvalue weighted by Crippen LogP contribution is 2.28. The topological polar surface area (TPSA) is 73.9 Å². The van der Waals surface area contributed by atoms with Crippen LogP contribution in [-0.4, -0.2) is 32.0 Å². The fourth-order valence-electron chi connectivity index (χ4n) is 2.36. The van der Waals surface area contributed by atoms with Crippen LogP contribution >= 0.6 is 0 Å². The van der Waals surface area contributed by atoms with Gasteiger partial charge in [0.25, 0.3) is 0 Å². The maximum Gasteiger partial charge on any atom is 0.387 e. The highest BCUT2D eigenvalue weighted by atomic mass is 19.3. The van der Waals surface area contributed by atoms with Gasteiger partial charge in [0.05, 0.1) is 13.7 Å². The Morgan fingerprint density at radius 2 is 1.79 bits per heavy atom. The third-order valence-corrected chi connectivity index (χ3v) is 3.74. The van der Waals surface area contributed by atoms with Gasteiger partial charge in [0.2, 0.25) is 5.91 Å². The lowest BCUT2D eigenvalue weighted by molar-refractivity contribution is -0.116. The van der Waals surface area contributed by atoms with Gasteiger partial charge in [-0.15, -0.1) is 0 Å². The number of hydrogen-bond acceptors (Lipinski definition) is 5. The summed E-state index contributed by atoms with van der Waals surface area (Å²) in [4.78, 5) is 23.3. The van der Waals surface area contributed by atoms with Crippen LogP contribution in [0.3, 0.4) is 0 Å². The van der Waals surface area contributed by atoms with Crippen molar-refractivity contribution in [3.63, 3.8) is 0 Å². The molecule has 0 radical (unpaired) electrons. The summed E-state index contributed by atoms with van der Waals surface area (Å²) in [7, 11) is 1.48. The molecule has 0 saturated carbocycles. The van der Waals surface area contributed by atoms with Gasteiger partial charge in [-0.1, -0.05) is 0 Å². The van der Waals surface area contributed by atoms with Crippen molar-refractivity contribution >= 4 is 17.4 Å². The molecule has 1 amide bonds. The van der Waals surface area contributed by atoms with Gasteiger partial charge in [-0.25, -0.2) is 0 Å². The van der Waals surface area contributed by atoms with E-state index in [1.165, 1.54) is 38.3 Å². The fraction of sp³-hybridized carbons (Fsp3) is 0.300. The highest BCUT2D eigenvalue weighted by molar-refractivity contribution is 5.94. The van der Waals surface area contributed by atoms with E-state index < -0.39 is 6.61 Å². The van der Waals surface area contributed by atoms with E-state index >= 15 is 0 Å². The van der Waals surface area contributed by atoms with Crippen LogP contribution in [-0.2, 0) is 4.79 Å². The molecule has 6 nitrogen and oxygen atoms in total. The molecule has 0 unspecified atom stereocenters. The molecule has 0 aliphatic heterocycles. The van der Waals surface area contributed by atoms with Gasteiger partial charge >= 0.3 is 6.61 Å². The van der Waals surface area contributed by atoms with Gasteiger partial charge in [-0.05, 0) is 55.8 Å². The summed E-state index contributed by atoms with van der Waals surface area (Å²) in [6, 6.07) is 10.6. The zero-order valence-corrected chi connectivity index (χ0v) is 15.5. The Morgan fingerprint density at radius 1 is 1.07 bits per heavy atom. The predicted octanol–water partition coefficient (Wildman–Crippen LogP) is 4.30. The number of rotatable bonds is 10. The second-order valence-corrected chi connectivity index (χ2v) is 5.82. The number of carbonyl (C=O) groups is 2. The normalized spacial score (nSPS) is 10.5. The Kier molecular flexibility index (Phi) is 7.74. The molecule has 0 heterocycles. The van der Waals surface area contributed by atoms with Gasteiger partial charge < -0.3 is 19.5 Å². The first-order valence-corrected chi connectivity index (χ1v) is 8.55. The number of carbonyl (C=O) groups excluding carboxylic acids is 2. The van der Waals surface area contributed by atoms with Crippen LogP contribution in [0.5, 0.6) is 17.2 Å². The van der Waals surface area contributed by atoms with Crippen molar-refractivity contribution in [1.29, 1.82) is 0 Å². The summed E-state index contributed by atoms with van der Waals surface area (Å²) >= 11 is 0. The summed E-state index contributed by atoms with van der Waals surface area (Å²) in [5.41, 5.74) is 1.00.